The van der Waals surface area contributed by atoms with E-state index in [0.717, 1.165) is 13.0 Å². The summed E-state index contributed by atoms with van der Waals surface area (Å²) in [4.78, 5) is 11.4. The zero-order valence-corrected chi connectivity index (χ0v) is 11.0. The first-order valence-corrected chi connectivity index (χ1v) is 6.19. The van der Waals surface area contributed by atoms with Crippen LogP contribution in [-0.2, 0) is 9.53 Å². The molecule has 0 aliphatic rings. The predicted octanol–water partition coefficient (Wildman–Crippen LogP) is 1.16. The van der Waals surface area contributed by atoms with Crippen molar-refractivity contribution >= 4 is 5.91 Å². The number of hydrogen-bond donors (Lipinski definition) is 2. The Kier molecular flexibility index (Phi) is 9.24. The molecular weight excluding hydrogens is 204 g/mol. The van der Waals surface area contributed by atoms with Gasteiger partial charge in [0.1, 0.15) is 0 Å². The van der Waals surface area contributed by atoms with E-state index in [0.29, 0.717) is 25.7 Å². The Hall–Kier alpha value is -0.610. The molecule has 0 aromatic heterocycles. The fourth-order valence-corrected chi connectivity index (χ4v) is 1.28. The molecule has 1 unspecified atom stereocenters. The zero-order valence-electron chi connectivity index (χ0n) is 11.0. The molecule has 0 bridgehead atoms. The molecular formula is C12H26N2O2. The molecule has 0 spiro atoms. The first-order chi connectivity index (χ1) is 7.61. The van der Waals surface area contributed by atoms with Crippen LogP contribution < -0.4 is 10.6 Å². The summed E-state index contributed by atoms with van der Waals surface area (Å²) in [5, 5.41) is 6.07. The van der Waals surface area contributed by atoms with Crippen molar-refractivity contribution in [2.45, 2.75) is 40.2 Å². The average Bonchev–Trinajstić information content (AvgIpc) is 2.25. The molecule has 2 N–H and O–H groups in total. The van der Waals surface area contributed by atoms with Gasteiger partial charge in [-0.2, -0.15) is 0 Å². The van der Waals surface area contributed by atoms with Crippen LogP contribution in [0.1, 0.15) is 34.1 Å². The lowest BCUT2D eigenvalue weighted by Gasteiger charge is -2.21. The van der Waals surface area contributed by atoms with E-state index in [-0.39, 0.29) is 11.9 Å². The lowest BCUT2D eigenvalue weighted by atomic mass is 10.1. The van der Waals surface area contributed by atoms with Gasteiger partial charge >= 0.3 is 0 Å². The summed E-state index contributed by atoms with van der Waals surface area (Å²) in [6.07, 6.45) is 0.971. The third-order valence-electron chi connectivity index (χ3n) is 2.40. The van der Waals surface area contributed by atoms with Gasteiger partial charge in [-0.15, -0.1) is 0 Å². The molecule has 1 amide bonds. The van der Waals surface area contributed by atoms with E-state index >= 15 is 0 Å². The number of ether oxygens (including phenoxy) is 1. The summed E-state index contributed by atoms with van der Waals surface area (Å²) in [6.45, 7) is 10.8. The van der Waals surface area contributed by atoms with Crippen molar-refractivity contribution in [3.05, 3.63) is 0 Å². The minimum Gasteiger partial charge on any atom is -0.380 e. The summed E-state index contributed by atoms with van der Waals surface area (Å²) in [7, 11) is 0. The van der Waals surface area contributed by atoms with Gasteiger partial charge < -0.3 is 15.4 Å². The van der Waals surface area contributed by atoms with E-state index in [2.05, 4.69) is 24.5 Å². The quantitative estimate of drug-likeness (QED) is 0.625. The fraction of sp³-hybridized carbons (Fsp3) is 0.917. The fourth-order valence-electron chi connectivity index (χ4n) is 1.28. The number of hydrogen-bond acceptors (Lipinski definition) is 3. The van der Waals surface area contributed by atoms with Gasteiger partial charge in [-0.3, -0.25) is 4.79 Å². The molecule has 0 heterocycles. The second-order valence-electron chi connectivity index (χ2n) is 4.24. The Morgan fingerprint density at radius 1 is 1.31 bits per heavy atom. The normalized spacial score (nSPS) is 12.8. The molecule has 0 aliphatic carbocycles. The molecule has 1 atom stereocenters. The van der Waals surface area contributed by atoms with Gasteiger partial charge in [-0.25, -0.2) is 0 Å². The van der Waals surface area contributed by atoms with Gasteiger partial charge in [0.15, 0.2) is 0 Å². The van der Waals surface area contributed by atoms with Crippen molar-refractivity contribution in [1.29, 1.82) is 0 Å². The third-order valence-corrected chi connectivity index (χ3v) is 2.40. The van der Waals surface area contributed by atoms with Gasteiger partial charge in [0, 0.05) is 19.2 Å². The van der Waals surface area contributed by atoms with Crippen LogP contribution in [0.25, 0.3) is 0 Å². The molecule has 4 heteroatoms. The van der Waals surface area contributed by atoms with Gasteiger partial charge in [-0.1, -0.05) is 20.8 Å². The number of rotatable bonds is 9. The highest BCUT2D eigenvalue weighted by Crippen LogP contribution is 2.01. The number of carbonyl (C=O) groups excluding carboxylic acids is 1. The maximum absolute atomic E-state index is 11.4. The summed E-state index contributed by atoms with van der Waals surface area (Å²) in [5.74, 6) is 0.523. The highest BCUT2D eigenvalue weighted by atomic mass is 16.5. The Morgan fingerprint density at radius 3 is 2.50 bits per heavy atom. The number of nitrogens with one attached hydrogen (secondary N) is 2. The summed E-state index contributed by atoms with van der Waals surface area (Å²) in [6, 6.07) is 0.243. The smallest absolute Gasteiger partial charge is 0.233 e. The maximum atomic E-state index is 11.4. The van der Waals surface area contributed by atoms with Gasteiger partial charge in [-0.05, 0) is 19.3 Å². The predicted molar refractivity (Wildman–Crippen MR) is 66.4 cm³/mol. The van der Waals surface area contributed by atoms with Crippen LogP contribution in [0.3, 0.4) is 0 Å². The SMILES string of the molecule is CCCNC(=O)CNC(COCC)C(C)C. The van der Waals surface area contributed by atoms with Gasteiger partial charge in [0.25, 0.3) is 0 Å². The Labute approximate surface area is 99.1 Å². The second-order valence-corrected chi connectivity index (χ2v) is 4.24. The molecule has 0 rings (SSSR count). The first-order valence-electron chi connectivity index (χ1n) is 6.19. The largest absolute Gasteiger partial charge is 0.380 e. The van der Waals surface area contributed by atoms with Crippen LogP contribution in [0, 0.1) is 5.92 Å². The van der Waals surface area contributed by atoms with E-state index < -0.39 is 0 Å². The van der Waals surface area contributed by atoms with Crippen LogP contribution in [0.2, 0.25) is 0 Å². The average molecular weight is 230 g/mol. The molecule has 4 nitrogen and oxygen atoms in total. The molecule has 96 valence electrons. The molecule has 0 aromatic rings. The van der Waals surface area contributed by atoms with Crippen LogP contribution in [-0.4, -0.2) is 38.3 Å². The zero-order chi connectivity index (χ0) is 12.4. The molecule has 0 fully saturated rings. The summed E-state index contributed by atoms with van der Waals surface area (Å²) in [5.41, 5.74) is 0. The minimum absolute atomic E-state index is 0.0593. The Morgan fingerprint density at radius 2 is 2.00 bits per heavy atom. The molecule has 0 aromatic carbocycles. The van der Waals surface area contributed by atoms with Crippen molar-refractivity contribution in [2.75, 3.05) is 26.3 Å². The van der Waals surface area contributed by atoms with Crippen molar-refractivity contribution in [1.82, 2.24) is 10.6 Å². The van der Waals surface area contributed by atoms with E-state index in [1.807, 2.05) is 13.8 Å². The van der Waals surface area contributed by atoms with E-state index in [4.69, 9.17) is 4.74 Å². The van der Waals surface area contributed by atoms with Crippen LogP contribution in [0.15, 0.2) is 0 Å². The first kappa shape index (κ1) is 15.4. The van der Waals surface area contributed by atoms with Crippen molar-refractivity contribution in [3.8, 4) is 0 Å². The number of carbonyl (C=O) groups is 1. The topological polar surface area (TPSA) is 50.4 Å². The molecule has 0 saturated carbocycles. The van der Waals surface area contributed by atoms with Crippen LogP contribution in [0.4, 0.5) is 0 Å². The van der Waals surface area contributed by atoms with Crippen molar-refractivity contribution < 1.29 is 9.53 Å². The Balaban J connectivity index is 3.78. The van der Waals surface area contributed by atoms with Gasteiger partial charge in [0.05, 0.1) is 13.2 Å². The lowest BCUT2D eigenvalue weighted by molar-refractivity contribution is -0.120. The van der Waals surface area contributed by atoms with E-state index in [1.54, 1.807) is 0 Å². The van der Waals surface area contributed by atoms with Crippen LogP contribution in [0.5, 0.6) is 0 Å². The second kappa shape index (κ2) is 9.60. The monoisotopic (exact) mass is 230 g/mol. The van der Waals surface area contributed by atoms with Crippen molar-refractivity contribution in [3.63, 3.8) is 0 Å². The standard InChI is InChI=1S/C12H26N2O2/c1-5-7-13-12(15)8-14-11(10(3)4)9-16-6-2/h10-11,14H,5-9H2,1-4H3,(H,13,15). The van der Waals surface area contributed by atoms with Crippen LogP contribution >= 0.6 is 0 Å². The highest BCUT2D eigenvalue weighted by Gasteiger charge is 2.13. The van der Waals surface area contributed by atoms with E-state index in [9.17, 15) is 4.79 Å². The third kappa shape index (κ3) is 7.65. The summed E-state index contributed by atoms with van der Waals surface area (Å²) >= 11 is 0. The molecule has 0 saturated heterocycles. The lowest BCUT2D eigenvalue weighted by Crippen LogP contribution is -2.44. The minimum atomic E-state index is 0.0593. The Bertz CT molecular complexity index is 184. The highest BCUT2D eigenvalue weighted by molar-refractivity contribution is 5.77. The summed E-state index contributed by atoms with van der Waals surface area (Å²) < 4.78 is 5.38. The van der Waals surface area contributed by atoms with Gasteiger partial charge in [0.2, 0.25) is 5.91 Å². The molecule has 0 aliphatic heterocycles. The molecule has 16 heavy (non-hydrogen) atoms. The van der Waals surface area contributed by atoms with Crippen molar-refractivity contribution in [2.24, 2.45) is 5.92 Å². The molecule has 0 radical (unpaired) electrons. The van der Waals surface area contributed by atoms with E-state index in [1.165, 1.54) is 0 Å². The maximum Gasteiger partial charge on any atom is 0.233 e. The number of amides is 1.